The number of carbonyl (C=O) groups excluding carboxylic acids is 2. The first-order valence-electron chi connectivity index (χ1n) is 10.5. The van der Waals surface area contributed by atoms with Crippen molar-refractivity contribution in [3.05, 3.63) is 53.6 Å². The third-order valence-corrected chi connectivity index (χ3v) is 7.72. The number of likely N-dealkylation sites (N-methyl/N-ethyl adjacent to an activating group) is 1. The molecular weight excluding hydrogens is 414 g/mol. The number of nitrogens with one attached hydrogen (secondary N) is 1. The van der Waals surface area contributed by atoms with Gasteiger partial charge in [-0.1, -0.05) is 18.2 Å². The molecule has 1 aliphatic carbocycles. The number of sulfonamides is 1. The number of aryl methyl sites for hydroxylation is 1. The molecule has 1 saturated carbocycles. The van der Waals surface area contributed by atoms with Crippen molar-refractivity contribution in [2.45, 2.75) is 44.0 Å². The van der Waals surface area contributed by atoms with Crippen LogP contribution in [0.4, 0.5) is 11.4 Å². The quantitative estimate of drug-likeness (QED) is 0.747. The third-order valence-electron chi connectivity index (χ3n) is 5.92. The first-order valence-corrected chi connectivity index (χ1v) is 11.9. The fourth-order valence-corrected chi connectivity index (χ4v) is 5.18. The maximum absolute atomic E-state index is 13.1. The Balaban J connectivity index is 1.50. The molecule has 1 fully saturated rings. The molecule has 8 heteroatoms. The zero-order valence-electron chi connectivity index (χ0n) is 18.0. The molecule has 0 aromatic heterocycles. The Labute approximate surface area is 183 Å². The Morgan fingerprint density at radius 3 is 2.55 bits per heavy atom. The van der Waals surface area contributed by atoms with Crippen molar-refractivity contribution in [1.82, 2.24) is 4.31 Å². The fraction of sp³-hybridized carbons (Fsp3) is 0.391. The van der Waals surface area contributed by atoms with E-state index in [0.29, 0.717) is 12.1 Å². The van der Waals surface area contributed by atoms with E-state index in [-0.39, 0.29) is 29.3 Å². The third kappa shape index (κ3) is 4.22. The fourth-order valence-electron chi connectivity index (χ4n) is 4.00. The van der Waals surface area contributed by atoms with Crippen molar-refractivity contribution >= 4 is 33.2 Å². The smallest absolute Gasteiger partial charge is 0.243 e. The summed E-state index contributed by atoms with van der Waals surface area (Å²) in [4.78, 5) is 27.0. The summed E-state index contributed by atoms with van der Waals surface area (Å²) in [6.45, 7) is 3.56. The summed E-state index contributed by atoms with van der Waals surface area (Å²) in [5.41, 5.74) is 3.20. The molecule has 1 heterocycles. The van der Waals surface area contributed by atoms with E-state index >= 15 is 0 Å². The van der Waals surface area contributed by atoms with Gasteiger partial charge in [0.1, 0.15) is 0 Å². The molecule has 7 nitrogen and oxygen atoms in total. The first-order chi connectivity index (χ1) is 14.7. The summed E-state index contributed by atoms with van der Waals surface area (Å²) in [6, 6.07) is 12.2. The molecule has 1 aliphatic heterocycles. The largest absolute Gasteiger partial charge is 0.325 e. The van der Waals surface area contributed by atoms with Crippen molar-refractivity contribution in [1.29, 1.82) is 0 Å². The van der Waals surface area contributed by atoms with Crippen molar-refractivity contribution in [2.24, 2.45) is 5.92 Å². The molecule has 4 rings (SSSR count). The molecule has 2 aromatic rings. The van der Waals surface area contributed by atoms with Crippen LogP contribution < -0.4 is 10.2 Å². The minimum Gasteiger partial charge on any atom is -0.325 e. The molecule has 31 heavy (non-hydrogen) atoms. The number of hydrogen-bond acceptors (Lipinski definition) is 4. The topological polar surface area (TPSA) is 86.8 Å². The highest BCUT2D eigenvalue weighted by Gasteiger charge is 2.40. The van der Waals surface area contributed by atoms with Crippen LogP contribution in [0, 0.1) is 12.8 Å². The second-order valence-electron chi connectivity index (χ2n) is 8.45. The molecule has 164 valence electrons. The number of nitrogens with zero attached hydrogens (tertiary/aromatic N) is 2. The van der Waals surface area contributed by atoms with Gasteiger partial charge in [-0.25, -0.2) is 8.42 Å². The van der Waals surface area contributed by atoms with Gasteiger partial charge >= 0.3 is 0 Å². The van der Waals surface area contributed by atoms with Crippen molar-refractivity contribution < 1.29 is 18.0 Å². The molecule has 0 radical (unpaired) electrons. The second-order valence-corrected chi connectivity index (χ2v) is 10.5. The molecule has 1 atom stereocenters. The summed E-state index contributed by atoms with van der Waals surface area (Å²) in [6.07, 6.45) is 2.48. The van der Waals surface area contributed by atoms with E-state index in [0.717, 1.165) is 34.0 Å². The molecule has 2 aliphatic rings. The van der Waals surface area contributed by atoms with Crippen molar-refractivity contribution in [2.75, 3.05) is 23.8 Å². The maximum Gasteiger partial charge on any atom is 0.243 e. The normalized spacial score (nSPS) is 18.2. The van der Waals surface area contributed by atoms with Gasteiger partial charge in [0.25, 0.3) is 0 Å². The molecule has 2 aromatic carbocycles. The lowest BCUT2D eigenvalue weighted by Crippen LogP contribution is -2.36. The lowest BCUT2D eigenvalue weighted by atomic mass is 10.1. The number of hydrogen-bond donors (Lipinski definition) is 1. The van der Waals surface area contributed by atoms with Gasteiger partial charge in [-0.15, -0.1) is 0 Å². The summed E-state index contributed by atoms with van der Waals surface area (Å²) >= 11 is 0. The van der Waals surface area contributed by atoms with Crippen LogP contribution in [0.2, 0.25) is 0 Å². The molecule has 0 bridgehead atoms. The van der Waals surface area contributed by atoms with E-state index in [2.05, 4.69) is 5.32 Å². The molecule has 2 amide bonds. The highest BCUT2D eigenvalue weighted by atomic mass is 32.2. The van der Waals surface area contributed by atoms with E-state index in [1.54, 1.807) is 18.2 Å². The highest BCUT2D eigenvalue weighted by molar-refractivity contribution is 7.89. The minimum atomic E-state index is -3.85. The molecule has 1 unspecified atom stereocenters. The Bertz CT molecular complexity index is 1140. The van der Waals surface area contributed by atoms with Crippen LogP contribution in [-0.2, 0) is 26.0 Å². The van der Waals surface area contributed by atoms with Crippen LogP contribution in [-0.4, -0.2) is 44.2 Å². The predicted molar refractivity (Wildman–Crippen MR) is 119 cm³/mol. The predicted octanol–water partition coefficient (Wildman–Crippen LogP) is 2.94. The van der Waals surface area contributed by atoms with E-state index in [1.807, 2.05) is 36.9 Å². The van der Waals surface area contributed by atoms with Crippen LogP contribution in [0.1, 0.15) is 30.9 Å². The van der Waals surface area contributed by atoms with E-state index < -0.39 is 15.9 Å². The summed E-state index contributed by atoms with van der Waals surface area (Å²) in [5.74, 6) is -0.169. The maximum atomic E-state index is 13.1. The van der Waals surface area contributed by atoms with Gasteiger partial charge in [-0.3, -0.25) is 9.59 Å². The second kappa shape index (κ2) is 8.09. The van der Waals surface area contributed by atoms with Crippen molar-refractivity contribution in [3.8, 4) is 0 Å². The van der Waals surface area contributed by atoms with E-state index in [9.17, 15) is 18.0 Å². The van der Waals surface area contributed by atoms with Crippen LogP contribution in [0.15, 0.2) is 47.4 Å². The number of carbonyl (C=O) groups is 2. The molecular formula is C23H27N3O4S. The Kier molecular flexibility index (Phi) is 5.61. The zero-order valence-corrected chi connectivity index (χ0v) is 18.8. The van der Waals surface area contributed by atoms with Gasteiger partial charge < -0.3 is 10.2 Å². The summed E-state index contributed by atoms with van der Waals surface area (Å²) < 4.78 is 27.2. The average Bonchev–Trinajstić information content (AvgIpc) is 3.51. The lowest BCUT2D eigenvalue weighted by Gasteiger charge is -2.23. The number of amides is 2. The summed E-state index contributed by atoms with van der Waals surface area (Å²) in [5, 5.41) is 2.76. The van der Waals surface area contributed by atoms with Gasteiger partial charge in [0.15, 0.2) is 0 Å². The monoisotopic (exact) mass is 441 g/mol. The number of rotatable bonds is 6. The number of anilines is 2. The Hall–Kier alpha value is -2.71. The van der Waals surface area contributed by atoms with E-state index in [4.69, 9.17) is 0 Å². The standard InChI is InChI=1S/C23H27N3O4S/c1-15-6-4-5-7-20(15)24-22(27)14-25(3)31(29,30)19-10-11-21-18(13-19)12-16(2)26(21)23(28)17-8-9-17/h4-7,10-11,13,16-17H,8-9,12,14H2,1-3H3,(H,24,27). The van der Waals surface area contributed by atoms with Gasteiger partial charge in [-0.2, -0.15) is 4.31 Å². The molecule has 0 saturated heterocycles. The molecule has 0 spiro atoms. The van der Waals surface area contributed by atoms with Gasteiger partial charge in [0.2, 0.25) is 21.8 Å². The lowest BCUT2D eigenvalue weighted by molar-refractivity contribution is -0.120. The van der Waals surface area contributed by atoms with Gasteiger partial charge in [-0.05, 0) is 68.5 Å². The Morgan fingerprint density at radius 1 is 1.16 bits per heavy atom. The summed E-state index contributed by atoms with van der Waals surface area (Å²) in [7, 11) is -2.45. The Morgan fingerprint density at radius 2 is 1.87 bits per heavy atom. The number of fused-ring (bicyclic) bond motifs is 1. The van der Waals surface area contributed by atoms with Crippen LogP contribution in [0.25, 0.3) is 0 Å². The van der Waals surface area contributed by atoms with Crippen LogP contribution >= 0.6 is 0 Å². The minimum absolute atomic E-state index is 0.0127. The van der Waals surface area contributed by atoms with Gasteiger partial charge in [0.05, 0.1) is 11.4 Å². The van der Waals surface area contributed by atoms with Crippen LogP contribution in [0.5, 0.6) is 0 Å². The van der Waals surface area contributed by atoms with Crippen molar-refractivity contribution in [3.63, 3.8) is 0 Å². The zero-order chi connectivity index (χ0) is 22.3. The number of para-hydroxylation sites is 1. The number of benzene rings is 2. The highest BCUT2D eigenvalue weighted by Crippen LogP contribution is 2.39. The SMILES string of the molecule is Cc1ccccc1NC(=O)CN(C)S(=O)(=O)c1ccc2c(c1)CC(C)N2C(=O)C1CC1. The van der Waals surface area contributed by atoms with Gasteiger partial charge in [0, 0.05) is 30.4 Å². The molecule has 1 N–H and O–H groups in total. The van der Waals surface area contributed by atoms with E-state index in [1.165, 1.54) is 13.1 Å². The average molecular weight is 442 g/mol. The van der Waals surface area contributed by atoms with Crippen LogP contribution in [0.3, 0.4) is 0 Å². The first kappa shape index (κ1) is 21.5.